The van der Waals surface area contributed by atoms with E-state index in [4.69, 9.17) is 5.73 Å². The summed E-state index contributed by atoms with van der Waals surface area (Å²) in [7, 11) is 0. The SMILES string of the molecule is CCC(C)C(N)C(=O)C1CC(C)CC(C)C1. The maximum Gasteiger partial charge on any atom is 0.152 e. The molecule has 0 aromatic heterocycles. The van der Waals surface area contributed by atoms with Gasteiger partial charge in [0.05, 0.1) is 6.04 Å². The minimum atomic E-state index is -0.243. The van der Waals surface area contributed by atoms with Gasteiger partial charge in [-0.05, 0) is 37.0 Å². The summed E-state index contributed by atoms with van der Waals surface area (Å²) in [5.74, 6) is 2.22. The zero-order valence-electron chi connectivity index (χ0n) is 11.2. The van der Waals surface area contributed by atoms with Gasteiger partial charge in [0.15, 0.2) is 5.78 Å². The van der Waals surface area contributed by atoms with Crippen LogP contribution in [0.4, 0.5) is 0 Å². The van der Waals surface area contributed by atoms with Gasteiger partial charge in [-0.25, -0.2) is 0 Å². The number of Topliss-reactive ketones (excluding diaryl/α,β-unsaturated/α-hetero) is 1. The Kier molecular flexibility index (Phi) is 4.97. The molecule has 0 heterocycles. The fraction of sp³-hybridized carbons (Fsp3) is 0.929. The van der Waals surface area contributed by atoms with Crippen molar-refractivity contribution < 1.29 is 4.79 Å². The summed E-state index contributed by atoms with van der Waals surface area (Å²) in [6, 6.07) is -0.243. The molecular formula is C14H27NO. The second kappa shape index (κ2) is 5.81. The molecule has 0 aliphatic heterocycles. The molecule has 1 aliphatic carbocycles. The van der Waals surface area contributed by atoms with Gasteiger partial charge in [-0.3, -0.25) is 4.79 Å². The van der Waals surface area contributed by atoms with Crippen LogP contribution in [0.2, 0.25) is 0 Å². The van der Waals surface area contributed by atoms with Gasteiger partial charge in [0, 0.05) is 5.92 Å². The molecule has 2 heteroatoms. The summed E-state index contributed by atoms with van der Waals surface area (Å²) in [4.78, 5) is 12.3. The lowest BCUT2D eigenvalue weighted by molar-refractivity contribution is -0.127. The molecule has 94 valence electrons. The molecule has 0 aromatic rings. The van der Waals surface area contributed by atoms with Gasteiger partial charge in [0.25, 0.3) is 0 Å². The minimum Gasteiger partial charge on any atom is -0.321 e. The topological polar surface area (TPSA) is 43.1 Å². The first-order chi connectivity index (χ1) is 7.45. The standard InChI is InChI=1S/C14H27NO/c1-5-11(4)13(15)14(16)12-7-9(2)6-10(3)8-12/h9-13H,5-8,15H2,1-4H3. The quantitative estimate of drug-likeness (QED) is 0.799. The molecule has 2 N–H and O–H groups in total. The second-order valence-corrected chi connectivity index (χ2v) is 5.93. The van der Waals surface area contributed by atoms with Crippen LogP contribution in [0.3, 0.4) is 0 Å². The Labute approximate surface area is 100.0 Å². The molecule has 0 radical (unpaired) electrons. The average molecular weight is 225 g/mol. The molecule has 1 fully saturated rings. The predicted octanol–water partition coefficient (Wildman–Crippen LogP) is 3.00. The van der Waals surface area contributed by atoms with Crippen LogP contribution in [0, 0.1) is 23.7 Å². The van der Waals surface area contributed by atoms with Crippen LogP contribution in [0.1, 0.15) is 53.4 Å². The van der Waals surface area contributed by atoms with Crippen molar-refractivity contribution in [3.8, 4) is 0 Å². The maximum absolute atomic E-state index is 12.3. The van der Waals surface area contributed by atoms with Crippen molar-refractivity contribution in [2.75, 3.05) is 0 Å². The minimum absolute atomic E-state index is 0.225. The fourth-order valence-corrected chi connectivity index (χ4v) is 2.99. The molecule has 2 nitrogen and oxygen atoms in total. The third-order valence-corrected chi connectivity index (χ3v) is 4.17. The third-order valence-electron chi connectivity index (χ3n) is 4.17. The van der Waals surface area contributed by atoms with Crippen LogP contribution in [0.15, 0.2) is 0 Å². The van der Waals surface area contributed by atoms with Crippen LogP contribution < -0.4 is 5.73 Å². The number of carbonyl (C=O) groups is 1. The van der Waals surface area contributed by atoms with E-state index in [1.165, 1.54) is 6.42 Å². The van der Waals surface area contributed by atoms with E-state index in [1.54, 1.807) is 0 Å². The van der Waals surface area contributed by atoms with Crippen molar-refractivity contribution >= 4 is 5.78 Å². The highest BCUT2D eigenvalue weighted by molar-refractivity contribution is 5.86. The molecule has 0 bridgehead atoms. The summed E-state index contributed by atoms with van der Waals surface area (Å²) in [5, 5.41) is 0. The lowest BCUT2D eigenvalue weighted by Gasteiger charge is -2.32. The van der Waals surface area contributed by atoms with Gasteiger partial charge in [-0.15, -0.1) is 0 Å². The van der Waals surface area contributed by atoms with Crippen molar-refractivity contribution in [2.24, 2.45) is 29.4 Å². The van der Waals surface area contributed by atoms with E-state index in [0.717, 1.165) is 19.3 Å². The lowest BCUT2D eigenvalue weighted by atomic mass is 9.73. The van der Waals surface area contributed by atoms with Crippen LogP contribution >= 0.6 is 0 Å². The number of hydrogen-bond donors (Lipinski definition) is 1. The Morgan fingerprint density at radius 3 is 2.19 bits per heavy atom. The van der Waals surface area contributed by atoms with E-state index in [0.29, 0.717) is 23.5 Å². The van der Waals surface area contributed by atoms with Crippen LogP contribution in [-0.2, 0) is 4.79 Å². The molecule has 1 aliphatic rings. The van der Waals surface area contributed by atoms with Crippen LogP contribution in [0.25, 0.3) is 0 Å². The number of carbonyl (C=O) groups excluding carboxylic acids is 1. The number of nitrogens with two attached hydrogens (primary N) is 1. The Morgan fingerprint density at radius 1 is 1.25 bits per heavy atom. The molecule has 4 unspecified atom stereocenters. The fourth-order valence-electron chi connectivity index (χ4n) is 2.99. The summed E-state index contributed by atoms with van der Waals surface area (Å²) in [6.07, 6.45) is 4.35. The first kappa shape index (κ1) is 13.7. The van der Waals surface area contributed by atoms with E-state index in [2.05, 4.69) is 27.7 Å². The highest BCUT2D eigenvalue weighted by Gasteiger charge is 2.32. The summed E-state index contributed by atoms with van der Waals surface area (Å²) >= 11 is 0. The third kappa shape index (κ3) is 3.31. The lowest BCUT2D eigenvalue weighted by Crippen LogP contribution is -2.42. The number of rotatable bonds is 4. The molecule has 16 heavy (non-hydrogen) atoms. The number of ketones is 1. The maximum atomic E-state index is 12.3. The van der Waals surface area contributed by atoms with Crippen LogP contribution in [-0.4, -0.2) is 11.8 Å². The van der Waals surface area contributed by atoms with Gasteiger partial charge in [0.2, 0.25) is 0 Å². The van der Waals surface area contributed by atoms with Gasteiger partial charge in [0.1, 0.15) is 0 Å². The van der Waals surface area contributed by atoms with Gasteiger partial charge < -0.3 is 5.73 Å². The molecule has 0 aromatic carbocycles. The molecule has 4 atom stereocenters. The van der Waals surface area contributed by atoms with E-state index in [9.17, 15) is 4.79 Å². The zero-order valence-corrected chi connectivity index (χ0v) is 11.2. The molecule has 1 saturated carbocycles. The molecular weight excluding hydrogens is 198 g/mol. The molecule has 0 spiro atoms. The van der Waals surface area contributed by atoms with Gasteiger partial charge >= 0.3 is 0 Å². The summed E-state index contributed by atoms with van der Waals surface area (Å²) < 4.78 is 0. The van der Waals surface area contributed by atoms with E-state index < -0.39 is 0 Å². The Balaban J connectivity index is 2.59. The van der Waals surface area contributed by atoms with Gasteiger partial charge in [-0.1, -0.05) is 34.1 Å². The van der Waals surface area contributed by atoms with E-state index in [1.807, 2.05) is 0 Å². The second-order valence-electron chi connectivity index (χ2n) is 5.93. The molecule has 0 amide bonds. The van der Waals surface area contributed by atoms with Crippen molar-refractivity contribution in [1.82, 2.24) is 0 Å². The smallest absolute Gasteiger partial charge is 0.152 e. The highest BCUT2D eigenvalue weighted by atomic mass is 16.1. The summed E-state index contributed by atoms with van der Waals surface area (Å²) in [6.45, 7) is 8.69. The Hall–Kier alpha value is -0.370. The molecule has 1 rings (SSSR count). The Bertz CT molecular complexity index is 229. The highest BCUT2D eigenvalue weighted by Crippen LogP contribution is 2.34. The first-order valence-electron chi connectivity index (χ1n) is 6.75. The molecule has 0 saturated heterocycles. The van der Waals surface area contributed by atoms with Crippen LogP contribution in [0.5, 0.6) is 0 Å². The predicted molar refractivity (Wildman–Crippen MR) is 68.1 cm³/mol. The average Bonchev–Trinajstić information content (AvgIpc) is 2.24. The van der Waals surface area contributed by atoms with E-state index in [-0.39, 0.29) is 12.0 Å². The van der Waals surface area contributed by atoms with Crippen molar-refractivity contribution in [3.05, 3.63) is 0 Å². The van der Waals surface area contributed by atoms with Crippen molar-refractivity contribution in [2.45, 2.75) is 59.4 Å². The van der Waals surface area contributed by atoms with Crippen molar-refractivity contribution in [1.29, 1.82) is 0 Å². The van der Waals surface area contributed by atoms with Gasteiger partial charge in [-0.2, -0.15) is 0 Å². The van der Waals surface area contributed by atoms with E-state index >= 15 is 0 Å². The largest absolute Gasteiger partial charge is 0.321 e. The summed E-state index contributed by atoms with van der Waals surface area (Å²) in [5.41, 5.74) is 6.04. The zero-order chi connectivity index (χ0) is 12.3. The van der Waals surface area contributed by atoms with Crippen molar-refractivity contribution in [3.63, 3.8) is 0 Å². The normalized spacial score (nSPS) is 34.4. The first-order valence-corrected chi connectivity index (χ1v) is 6.75. The number of hydrogen-bond acceptors (Lipinski definition) is 2. The Morgan fingerprint density at radius 2 is 1.75 bits per heavy atom. The monoisotopic (exact) mass is 225 g/mol.